The van der Waals surface area contributed by atoms with Crippen molar-refractivity contribution in [1.82, 2.24) is 40.9 Å². The van der Waals surface area contributed by atoms with Crippen LogP contribution in [0.1, 0.15) is 188 Å². The topological polar surface area (TPSA) is 275 Å². The van der Waals surface area contributed by atoms with Crippen LogP contribution in [0.4, 0.5) is 11.5 Å². The summed E-state index contributed by atoms with van der Waals surface area (Å²) < 4.78 is 14.4. The molecule has 4 heterocycles. The van der Waals surface area contributed by atoms with Crippen LogP contribution in [-0.2, 0) is 32.1 Å². The molecule has 21 heteroatoms. The van der Waals surface area contributed by atoms with Crippen molar-refractivity contribution in [1.29, 1.82) is 0 Å². The predicted molar refractivity (Wildman–Crippen MR) is 350 cm³/mol. The zero-order valence-corrected chi connectivity index (χ0v) is 54.5. The number of amides is 4. The van der Waals surface area contributed by atoms with E-state index in [2.05, 4.69) is 56.2 Å². The normalized spacial score (nSPS) is 14.1. The number of carbonyl (C=O) groups excluding carboxylic acids is 4. The lowest BCUT2D eigenvalue weighted by atomic mass is 9.88. The van der Waals surface area contributed by atoms with E-state index >= 15 is 4.79 Å². The summed E-state index contributed by atoms with van der Waals surface area (Å²) in [7, 11) is 3.68. The van der Waals surface area contributed by atoms with Crippen LogP contribution >= 0.6 is 0 Å². The molecule has 6 rings (SSSR count). The summed E-state index contributed by atoms with van der Waals surface area (Å²) in [6.07, 6.45) is 25.9. The number of unbranched alkanes of at least 4 members (excludes halogenated alkanes) is 12. The predicted octanol–water partition coefficient (Wildman–Crippen LogP) is 8.91. The largest absolute Gasteiger partial charge is 0.497 e. The van der Waals surface area contributed by atoms with E-state index in [1.165, 1.54) is 57.8 Å². The number of carboxylic acid groups (broad SMARTS) is 1. The number of carboxylic acids is 1. The minimum Gasteiger partial charge on any atom is -0.497 e. The van der Waals surface area contributed by atoms with Gasteiger partial charge in [-0.1, -0.05) is 95.8 Å². The standard InChI is InChI=1S/C68H107N13O8/c1-52-20-19-22-61(75-52)80(67(87)58-27-26-57(88-5)47-60(58)78-40-29-53(30-41-78)50-89-65-46-55(28-36-74-65)59(48-66(85)86)54-24-25-54)51-68(2,3)33-42-79-49-56(76-77-79)21-17-15-13-11-9-7-6-8-10-12-14-16-18-23-62(82)73-39-45-81(4,43-31-63(83)71-37-34-69)44-32-64(84)72-38-35-70/h19-20,22,26-28,36,46-47,49,53-54,59H,6-18,21,23-25,29-35,37-45,48,50-51,69-70H2,1-5H3,(H3-,71,72,73,82,83,84,85,86)/p+1/t59-/m0/s1. The molecule has 1 aliphatic heterocycles. The molecule has 0 unspecified atom stereocenters. The van der Waals surface area contributed by atoms with E-state index in [-0.39, 0.29) is 47.3 Å². The molecule has 1 saturated carbocycles. The maximum absolute atomic E-state index is 15.1. The number of ether oxygens (including phenoxy) is 2. The number of aryl methyl sites for hydroxylation is 3. The third-order valence-electron chi connectivity index (χ3n) is 17.7. The van der Waals surface area contributed by atoms with Crippen LogP contribution < -0.4 is 46.7 Å². The van der Waals surface area contributed by atoms with Gasteiger partial charge >= 0.3 is 5.97 Å². The number of aliphatic carboxylic acids is 1. The highest BCUT2D eigenvalue weighted by molar-refractivity contribution is 6.09. The first kappa shape index (κ1) is 71.4. The molecule has 0 radical (unpaired) electrons. The summed E-state index contributed by atoms with van der Waals surface area (Å²) in [4.78, 5) is 77.4. The zero-order valence-electron chi connectivity index (χ0n) is 54.5. The number of carbonyl (C=O) groups is 5. The van der Waals surface area contributed by atoms with E-state index in [1.807, 2.05) is 72.1 Å². The van der Waals surface area contributed by atoms with Crippen molar-refractivity contribution in [2.75, 3.05) is 103 Å². The number of nitrogens with one attached hydrogen (secondary N) is 3. The van der Waals surface area contributed by atoms with Crippen LogP contribution in [0.2, 0.25) is 0 Å². The summed E-state index contributed by atoms with van der Waals surface area (Å²) >= 11 is 0. The monoisotopic (exact) mass is 1230 g/mol. The molecule has 2 fully saturated rings. The van der Waals surface area contributed by atoms with Gasteiger partial charge in [-0.05, 0) is 117 Å². The Morgan fingerprint density at radius 3 is 2.00 bits per heavy atom. The number of benzene rings is 1. The number of aromatic nitrogens is 5. The van der Waals surface area contributed by atoms with E-state index in [1.54, 1.807) is 13.3 Å². The number of hydrogen-bond donors (Lipinski definition) is 6. The number of methoxy groups -OCH3 is 1. The van der Waals surface area contributed by atoms with Crippen molar-refractivity contribution in [2.45, 2.75) is 181 Å². The maximum atomic E-state index is 15.1. The molecular formula is C68H108N13O8+. The Morgan fingerprint density at radius 2 is 1.39 bits per heavy atom. The maximum Gasteiger partial charge on any atom is 0.303 e. The molecule has 3 aromatic heterocycles. The molecule has 1 saturated heterocycles. The van der Waals surface area contributed by atoms with Crippen LogP contribution in [0.25, 0.3) is 0 Å². The first-order chi connectivity index (χ1) is 43.0. The molecule has 1 atom stereocenters. The molecule has 4 amide bonds. The number of nitrogens with zero attached hydrogens (tertiary/aromatic N) is 8. The molecule has 492 valence electrons. The minimum atomic E-state index is -0.783. The van der Waals surface area contributed by atoms with Gasteiger partial charge in [0.25, 0.3) is 5.91 Å². The first-order valence-electron chi connectivity index (χ1n) is 33.4. The van der Waals surface area contributed by atoms with E-state index in [4.69, 9.17) is 25.9 Å². The lowest BCUT2D eigenvalue weighted by Gasteiger charge is -2.36. The molecule has 0 bridgehead atoms. The summed E-state index contributed by atoms with van der Waals surface area (Å²) in [5.74, 6) is 1.54. The number of likely N-dealkylation sites (N-methyl/N-ethyl adjacent to an activating group) is 1. The van der Waals surface area contributed by atoms with Crippen molar-refractivity contribution < 1.29 is 43.0 Å². The fourth-order valence-corrected chi connectivity index (χ4v) is 11.9. The molecule has 4 aromatic rings. The van der Waals surface area contributed by atoms with Gasteiger partial charge in [-0.2, -0.15) is 0 Å². The fourth-order valence-electron chi connectivity index (χ4n) is 11.9. The first-order valence-corrected chi connectivity index (χ1v) is 33.4. The number of hydrogen-bond acceptors (Lipinski definition) is 14. The van der Waals surface area contributed by atoms with E-state index in [9.17, 15) is 24.3 Å². The fraction of sp³-hybridized carbons (Fsp3) is 0.662. The van der Waals surface area contributed by atoms with Crippen LogP contribution in [-0.4, -0.2) is 157 Å². The Labute approximate surface area is 530 Å². The van der Waals surface area contributed by atoms with Gasteiger partial charge in [0, 0.05) is 89.0 Å². The van der Waals surface area contributed by atoms with Gasteiger partial charge in [-0.15, -0.1) is 5.10 Å². The van der Waals surface area contributed by atoms with Crippen molar-refractivity contribution in [2.24, 2.45) is 28.7 Å². The summed E-state index contributed by atoms with van der Waals surface area (Å²) in [5, 5.41) is 27.3. The van der Waals surface area contributed by atoms with Crippen LogP contribution in [0.15, 0.2) is 60.9 Å². The van der Waals surface area contributed by atoms with Gasteiger partial charge in [0.15, 0.2) is 0 Å². The highest BCUT2D eigenvalue weighted by Gasteiger charge is 2.35. The van der Waals surface area contributed by atoms with Crippen molar-refractivity contribution >= 4 is 41.1 Å². The van der Waals surface area contributed by atoms with E-state index in [0.717, 1.165) is 99.9 Å². The lowest BCUT2D eigenvalue weighted by Crippen LogP contribution is -2.52. The second-order valence-corrected chi connectivity index (χ2v) is 26.0. The van der Waals surface area contributed by atoms with Crippen molar-refractivity contribution in [3.8, 4) is 11.6 Å². The minimum absolute atomic E-state index is 0.0189. The summed E-state index contributed by atoms with van der Waals surface area (Å²) in [6.45, 7) is 13.3. The van der Waals surface area contributed by atoms with Gasteiger partial charge in [-0.3, -0.25) is 33.6 Å². The van der Waals surface area contributed by atoms with Gasteiger partial charge in [0.2, 0.25) is 23.6 Å². The Kier molecular flexibility index (Phi) is 30.5. The number of quaternary nitrogens is 1. The van der Waals surface area contributed by atoms with E-state index < -0.39 is 5.97 Å². The molecule has 0 spiro atoms. The van der Waals surface area contributed by atoms with Crippen LogP contribution in [0.3, 0.4) is 0 Å². The third kappa shape index (κ3) is 26.3. The average Bonchev–Trinajstić information content (AvgIpc) is 2.04. The lowest BCUT2D eigenvalue weighted by molar-refractivity contribution is -0.907. The van der Waals surface area contributed by atoms with Crippen LogP contribution in [0.5, 0.6) is 11.6 Å². The number of anilines is 2. The molecule has 21 nitrogen and oxygen atoms in total. The van der Waals surface area contributed by atoms with Crippen LogP contribution in [0, 0.1) is 24.2 Å². The van der Waals surface area contributed by atoms with Crippen molar-refractivity contribution in [3.63, 3.8) is 0 Å². The SMILES string of the molecule is COc1ccc(C(=O)N(CC(C)(C)CCn2cc(CCCCCCCCCCCCCCCC(=O)NCC[N+](C)(CCC(=O)NCCN)CCC(=O)NCCN)nn2)c2cccc(C)n2)c(N2CCC(COc3cc([C@@H](CC(=O)O)C4CC4)ccn3)CC2)c1. The molecule has 1 aromatic carbocycles. The molecule has 89 heavy (non-hydrogen) atoms. The molecule has 8 N–H and O–H groups in total. The summed E-state index contributed by atoms with van der Waals surface area (Å²) in [6, 6.07) is 15.4. The molecule has 1 aliphatic carbocycles. The van der Waals surface area contributed by atoms with Gasteiger partial charge in [0.05, 0.1) is 83.2 Å². The highest BCUT2D eigenvalue weighted by Crippen LogP contribution is 2.45. The van der Waals surface area contributed by atoms with Gasteiger partial charge in [-0.25, -0.2) is 9.97 Å². The smallest absolute Gasteiger partial charge is 0.303 e. The number of nitrogens with two attached hydrogens (primary N) is 2. The Morgan fingerprint density at radius 1 is 0.775 bits per heavy atom. The number of piperidine rings is 1. The number of pyridine rings is 2. The Hall–Kier alpha value is -6.71. The Balaban J connectivity index is 0.844. The second-order valence-electron chi connectivity index (χ2n) is 26.0. The zero-order chi connectivity index (χ0) is 63.9. The van der Waals surface area contributed by atoms with Gasteiger partial charge in [0.1, 0.15) is 11.6 Å². The molecular weight excluding hydrogens is 1130 g/mol. The number of rotatable bonds is 45. The second kappa shape index (κ2) is 38.1. The molecule has 2 aliphatic rings. The quantitative estimate of drug-likeness (QED) is 0.0178. The third-order valence-corrected chi connectivity index (χ3v) is 17.7. The average molecular weight is 1240 g/mol. The highest BCUT2D eigenvalue weighted by atomic mass is 16.5. The van der Waals surface area contributed by atoms with Crippen molar-refractivity contribution in [3.05, 3.63) is 83.4 Å². The Bertz CT molecular complexity index is 2760. The summed E-state index contributed by atoms with van der Waals surface area (Å²) in [5.41, 5.74) is 15.0. The van der Waals surface area contributed by atoms with Gasteiger partial charge < -0.3 is 51.4 Å². The van der Waals surface area contributed by atoms with E-state index in [0.29, 0.717) is 125 Å².